The van der Waals surface area contributed by atoms with Gasteiger partial charge in [0.1, 0.15) is 50.4 Å². The predicted molar refractivity (Wildman–Crippen MR) is 234 cm³/mol. The van der Waals surface area contributed by atoms with Gasteiger partial charge in [0.25, 0.3) is 0 Å². The van der Waals surface area contributed by atoms with Crippen molar-refractivity contribution in [2.45, 2.75) is 0 Å². The van der Waals surface area contributed by atoms with E-state index in [9.17, 15) is 0 Å². The Hall–Kier alpha value is -6.11. The van der Waals surface area contributed by atoms with E-state index in [1.165, 1.54) is 25.7 Å². The van der Waals surface area contributed by atoms with Crippen molar-refractivity contribution in [3.63, 3.8) is 0 Å². The van der Waals surface area contributed by atoms with E-state index in [1.807, 2.05) is 84.1 Å². The quantitative estimate of drug-likeness (QED) is 0.194. The zero-order chi connectivity index (χ0) is 37.4. The Kier molecular flexibility index (Phi) is 7.93. The van der Waals surface area contributed by atoms with Gasteiger partial charge in [-0.15, -0.1) is 27.7 Å². The van der Waals surface area contributed by atoms with E-state index in [0.29, 0.717) is 23.0 Å². The van der Waals surface area contributed by atoms with Crippen LogP contribution >= 0.6 is 11.3 Å². The van der Waals surface area contributed by atoms with Crippen LogP contribution in [0.4, 0.5) is 0 Å². The highest BCUT2D eigenvalue weighted by molar-refractivity contribution is 7.26. The molecule has 0 saturated heterocycles. The molecule has 0 unspecified atom stereocenters. The molecule has 10 heteroatoms. The zero-order valence-corrected chi connectivity index (χ0v) is 30.1. The summed E-state index contributed by atoms with van der Waals surface area (Å²) >= 11 is 1.82. The average molecular weight is 707 g/mol. The molecular weight excluding hydrogens is 685 g/mol. The van der Waals surface area contributed by atoms with Crippen molar-refractivity contribution < 1.29 is 4.42 Å². The molecule has 3 aromatic heterocycles. The van der Waals surface area contributed by atoms with Crippen LogP contribution in [0, 0.1) is 0 Å². The fraction of sp³-hybridized carbons (Fsp3) is 0. The van der Waals surface area contributed by atoms with Gasteiger partial charge in [-0.05, 0) is 41.0 Å². The number of hydrogen-bond acceptors (Lipinski definition) is 5. The first-order valence-corrected chi connectivity index (χ1v) is 18.5. The normalized spacial score (nSPS) is 11.6. The number of aromatic nitrogens is 3. The monoisotopic (exact) mass is 707 g/mol. The molecule has 4 nitrogen and oxygen atoms in total. The third-order valence-corrected chi connectivity index (χ3v) is 11.5. The SMILES string of the molecule is [B]c1c([B])c([B])c(-c2ccc(-c3nc(-c4ccccc4)nc(-c4ccc5c(c4)oc4cccc(-c6cccc7c6sc6ccccc67)c45)n3)cc2)c([B])c1[B]. The molecule has 0 aliphatic heterocycles. The van der Waals surface area contributed by atoms with Gasteiger partial charge in [0, 0.05) is 53.2 Å². The molecule has 0 fully saturated rings. The number of thiophene rings is 1. The molecule has 10 rings (SSSR count). The van der Waals surface area contributed by atoms with E-state index in [4.69, 9.17) is 58.6 Å². The fourth-order valence-electron chi connectivity index (χ4n) is 7.45. The third kappa shape index (κ3) is 5.46. The Balaban J connectivity index is 1.10. The second kappa shape index (κ2) is 13.0. The Morgan fingerprint density at radius 2 is 0.982 bits per heavy atom. The lowest BCUT2D eigenvalue weighted by molar-refractivity contribution is 0.669. The third-order valence-electron chi connectivity index (χ3n) is 10.2. The van der Waals surface area contributed by atoms with Crippen molar-refractivity contribution in [2.24, 2.45) is 0 Å². The van der Waals surface area contributed by atoms with Crippen LogP contribution in [0.15, 0.2) is 138 Å². The minimum atomic E-state index is 0.174. The van der Waals surface area contributed by atoms with Gasteiger partial charge in [0.05, 0.1) is 0 Å². The van der Waals surface area contributed by atoms with Crippen LogP contribution in [0.2, 0.25) is 0 Å². The molecule has 0 saturated carbocycles. The second-order valence-corrected chi connectivity index (χ2v) is 14.5. The van der Waals surface area contributed by atoms with Gasteiger partial charge < -0.3 is 4.42 Å². The number of benzene rings is 7. The van der Waals surface area contributed by atoms with Crippen LogP contribution in [0.1, 0.15) is 0 Å². The molecule has 0 spiro atoms. The maximum Gasteiger partial charge on any atom is 0.164 e. The smallest absolute Gasteiger partial charge is 0.164 e. The van der Waals surface area contributed by atoms with Crippen LogP contribution in [-0.2, 0) is 0 Å². The van der Waals surface area contributed by atoms with Gasteiger partial charge >= 0.3 is 0 Å². The van der Waals surface area contributed by atoms with Crippen molar-refractivity contribution in [3.05, 3.63) is 133 Å². The molecule has 7 aromatic carbocycles. The first kappa shape index (κ1) is 33.5. The largest absolute Gasteiger partial charge is 0.456 e. The summed E-state index contributed by atoms with van der Waals surface area (Å²) in [5.74, 6) is 1.55. The molecular formula is C45H22B5N3OS. The highest BCUT2D eigenvalue weighted by atomic mass is 32.1. The Labute approximate surface area is 327 Å². The summed E-state index contributed by atoms with van der Waals surface area (Å²) in [5.41, 5.74) is 8.68. The minimum Gasteiger partial charge on any atom is -0.456 e. The fourth-order valence-corrected chi connectivity index (χ4v) is 8.68. The van der Waals surface area contributed by atoms with E-state index in [1.54, 1.807) is 0 Å². The predicted octanol–water partition coefficient (Wildman–Crippen LogP) is 6.44. The Morgan fingerprint density at radius 3 is 1.73 bits per heavy atom. The lowest BCUT2D eigenvalue weighted by atomic mass is 9.59. The number of rotatable bonds is 5. The van der Waals surface area contributed by atoms with Crippen molar-refractivity contribution in [1.29, 1.82) is 0 Å². The summed E-state index contributed by atoms with van der Waals surface area (Å²) < 4.78 is 9.09. The summed E-state index contributed by atoms with van der Waals surface area (Å²) in [7, 11) is 31.1. The van der Waals surface area contributed by atoms with Crippen molar-refractivity contribution in [3.8, 4) is 56.4 Å². The van der Waals surface area contributed by atoms with Crippen LogP contribution in [0.3, 0.4) is 0 Å². The molecule has 0 aliphatic rings. The second-order valence-electron chi connectivity index (χ2n) is 13.5. The first-order chi connectivity index (χ1) is 26.8. The first-order valence-electron chi connectivity index (χ1n) is 17.6. The molecule has 0 bridgehead atoms. The van der Waals surface area contributed by atoms with Crippen LogP contribution in [-0.4, -0.2) is 54.2 Å². The summed E-state index contributed by atoms with van der Waals surface area (Å²) in [6.07, 6.45) is 0. The number of fused-ring (bicyclic) bond motifs is 6. The zero-order valence-electron chi connectivity index (χ0n) is 29.2. The number of furan rings is 1. The maximum atomic E-state index is 6.56. The molecule has 10 radical (unpaired) electrons. The minimum absolute atomic E-state index is 0.174. The van der Waals surface area contributed by atoms with E-state index in [0.717, 1.165) is 49.8 Å². The number of nitrogens with zero attached hydrogens (tertiary/aromatic N) is 3. The summed E-state index contributed by atoms with van der Waals surface area (Å²) in [5, 5.41) is 4.62. The molecule has 0 aliphatic carbocycles. The van der Waals surface area contributed by atoms with Gasteiger partial charge in [-0.2, -0.15) is 0 Å². The van der Waals surface area contributed by atoms with Crippen LogP contribution in [0.5, 0.6) is 0 Å². The Bertz CT molecular complexity index is 3130. The summed E-state index contributed by atoms with van der Waals surface area (Å²) in [4.78, 5) is 14.9. The highest BCUT2D eigenvalue weighted by Crippen LogP contribution is 2.44. The molecule has 55 heavy (non-hydrogen) atoms. The van der Waals surface area contributed by atoms with Crippen molar-refractivity contribution in [2.75, 3.05) is 0 Å². The van der Waals surface area contributed by atoms with E-state index in [2.05, 4.69) is 60.7 Å². The molecule has 0 N–H and O–H groups in total. The van der Waals surface area contributed by atoms with Crippen molar-refractivity contribution in [1.82, 2.24) is 15.0 Å². The van der Waals surface area contributed by atoms with E-state index >= 15 is 0 Å². The van der Waals surface area contributed by atoms with Gasteiger partial charge in [-0.1, -0.05) is 120 Å². The van der Waals surface area contributed by atoms with Crippen LogP contribution in [0.25, 0.3) is 98.5 Å². The lowest BCUT2D eigenvalue weighted by Crippen LogP contribution is -2.55. The van der Waals surface area contributed by atoms with Gasteiger partial charge in [0.15, 0.2) is 17.5 Å². The molecule has 10 aromatic rings. The standard InChI is InChI=1S/C45H22B5N3OS/c46-37-35(38(47)40(49)41(50)39(37)48)23-16-18-25(19-17-23)44-51-43(24-8-2-1-3-9-24)52-45(53-44)26-20-21-31-33(22-26)54-32-14-7-11-28(36(31)32)30-13-6-12-29-27-10-4-5-15-34(27)55-42(29)30/h1-22H. The van der Waals surface area contributed by atoms with Gasteiger partial charge in [0.2, 0.25) is 0 Å². The summed E-state index contributed by atoms with van der Waals surface area (Å²) in [6, 6.07) is 45.0. The van der Waals surface area contributed by atoms with Crippen molar-refractivity contribution >= 4 is 120 Å². The molecule has 244 valence electrons. The van der Waals surface area contributed by atoms with E-state index < -0.39 is 0 Å². The highest BCUT2D eigenvalue weighted by Gasteiger charge is 2.19. The van der Waals surface area contributed by atoms with Gasteiger partial charge in [-0.3, -0.25) is 0 Å². The number of hydrogen-bond donors (Lipinski definition) is 0. The topological polar surface area (TPSA) is 51.8 Å². The van der Waals surface area contributed by atoms with Crippen LogP contribution < -0.4 is 27.3 Å². The van der Waals surface area contributed by atoms with Gasteiger partial charge in [-0.25, -0.2) is 15.0 Å². The molecule has 3 heterocycles. The van der Waals surface area contributed by atoms with E-state index in [-0.39, 0.29) is 27.3 Å². The summed E-state index contributed by atoms with van der Waals surface area (Å²) in [6.45, 7) is 0. The molecule has 0 amide bonds. The Morgan fingerprint density at radius 1 is 0.418 bits per heavy atom. The lowest BCUT2D eigenvalue weighted by Gasteiger charge is -2.21. The maximum absolute atomic E-state index is 6.56. The average Bonchev–Trinajstić information content (AvgIpc) is 3.81. The molecule has 0 atom stereocenters.